The number of aldehydes is 1. The zero-order valence-corrected chi connectivity index (χ0v) is 8.78. The van der Waals surface area contributed by atoms with Crippen LogP contribution in [0.4, 0.5) is 0 Å². The second-order valence-corrected chi connectivity index (χ2v) is 3.75. The fourth-order valence-corrected chi connectivity index (χ4v) is 1.43. The zero-order chi connectivity index (χ0) is 9.97. The van der Waals surface area contributed by atoms with Crippen molar-refractivity contribution in [2.75, 3.05) is 0 Å². The third kappa shape index (κ3) is 1.75. The molecule has 0 bridgehead atoms. The minimum Gasteiger partial charge on any atom is -0.296 e. The molecule has 0 saturated carbocycles. The van der Waals surface area contributed by atoms with Crippen LogP contribution < -0.4 is 0 Å². The van der Waals surface area contributed by atoms with Gasteiger partial charge < -0.3 is 0 Å². The molecule has 1 N–H and O–H groups in total. The van der Waals surface area contributed by atoms with Crippen LogP contribution in [-0.4, -0.2) is 16.5 Å². The molecule has 0 atom stereocenters. The summed E-state index contributed by atoms with van der Waals surface area (Å²) in [7, 11) is 0. The van der Waals surface area contributed by atoms with Crippen molar-refractivity contribution in [1.29, 1.82) is 0 Å². The summed E-state index contributed by atoms with van der Waals surface area (Å²) < 4.78 is 1.02. The fraction of sp³-hybridized carbons (Fsp3) is 0. The molecule has 0 saturated heterocycles. The highest BCUT2D eigenvalue weighted by Crippen LogP contribution is 2.19. The van der Waals surface area contributed by atoms with Crippen LogP contribution in [0.3, 0.4) is 0 Å². The summed E-state index contributed by atoms with van der Waals surface area (Å²) in [6.45, 7) is 0. The van der Waals surface area contributed by atoms with Crippen LogP contribution in [0.1, 0.15) is 10.5 Å². The predicted octanol–water partition coefficient (Wildman–Crippen LogP) is 2.65. The van der Waals surface area contributed by atoms with Gasteiger partial charge in [0.05, 0.1) is 11.4 Å². The Labute approximate surface area is 89.3 Å². The van der Waals surface area contributed by atoms with Crippen molar-refractivity contribution in [2.24, 2.45) is 0 Å². The first-order valence-corrected chi connectivity index (χ1v) is 4.85. The molecule has 0 radical (unpaired) electrons. The molecule has 0 aliphatic heterocycles. The number of carbonyl (C=O) groups excluding carboxylic acids is 1. The number of H-pyrrole nitrogens is 1. The normalized spacial score (nSPS) is 10.1. The van der Waals surface area contributed by atoms with E-state index in [0.29, 0.717) is 5.69 Å². The van der Waals surface area contributed by atoms with Crippen molar-refractivity contribution in [3.8, 4) is 11.3 Å². The van der Waals surface area contributed by atoms with Crippen molar-refractivity contribution >= 4 is 22.2 Å². The highest BCUT2D eigenvalue weighted by molar-refractivity contribution is 9.10. The van der Waals surface area contributed by atoms with Gasteiger partial charge in [-0.2, -0.15) is 5.10 Å². The van der Waals surface area contributed by atoms with Crippen molar-refractivity contribution in [3.63, 3.8) is 0 Å². The minimum atomic E-state index is 0.489. The Kier molecular flexibility index (Phi) is 2.45. The van der Waals surface area contributed by atoms with Crippen molar-refractivity contribution in [1.82, 2.24) is 10.2 Å². The number of benzene rings is 1. The van der Waals surface area contributed by atoms with E-state index < -0.39 is 0 Å². The number of aromatic nitrogens is 2. The van der Waals surface area contributed by atoms with Crippen LogP contribution in [0.25, 0.3) is 11.3 Å². The van der Waals surface area contributed by atoms with Crippen LogP contribution in [0.15, 0.2) is 34.8 Å². The Hall–Kier alpha value is -1.42. The predicted molar refractivity (Wildman–Crippen MR) is 57.1 cm³/mol. The van der Waals surface area contributed by atoms with E-state index in [-0.39, 0.29) is 0 Å². The van der Waals surface area contributed by atoms with E-state index in [4.69, 9.17) is 0 Å². The second-order valence-electron chi connectivity index (χ2n) is 2.83. The van der Waals surface area contributed by atoms with Crippen LogP contribution in [0, 0.1) is 0 Å². The van der Waals surface area contributed by atoms with Gasteiger partial charge in [-0.15, -0.1) is 0 Å². The molecule has 1 heterocycles. The second kappa shape index (κ2) is 3.75. The summed E-state index contributed by atoms with van der Waals surface area (Å²) in [6, 6.07) is 9.47. The van der Waals surface area contributed by atoms with Gasteiger partial charge in [0, 0.05) is 10.0 Å². The quantitative estimate of drug-likeness (QED) is 0.834. The molecule has 2 rings (SSSR count). The standard InChI is InChI=1S/C10H7BrN2O/c11-8-3-1-7(2-4-8)10-5-9(6-14)12-13-10/h1-6H,(H,12,13). The van der Waals surface area contributed by atoms with E-state index in [1.165, 1.54) is 0 Å². The van der Waals surface area contributed by atoms with Crippen molar-refractivity contribution < 1.29 is 4.79 Å². The Bertz CT molecular complexity index is 447. The number of nitrogens with one attached hydrogen (secondary N) is 1. The lowest BCUT2D eigenvalue weighted by atomic mass is 10.1. The maximum Gasteiger partial charge on any atom is 0.167 e. The summed E-state index contributed by atoms with van der Waals surface area (Å²) in [4.78, 5) is 10.4. The zero-order valence-electron chi connectivity index (χ0n) is 7.20. The number of hydrogen-bond donors (Lipinski definition) is 1. The van der Waals surface area contributed by atoms with Gasteiger partial charge in [0.1, 0.15) is 0 Å². The average Bonchev–Trinajstić information content (AvgIpc) is 2.67. The molecule has 1 aromatic heterocycles. The molecule has 0 aliphatic rings. The average molecular weight is 251 g/mol. The molecule has 70 valence electrons. The molecule has 0 amide bonds. The highest BCUT2D eigenvalue weighted by Gasteiger charge is 2.02. The van der Waals surface area contributed by atoms with Gasteiger partial charge in [0.15, 0.2) is 6.29 Å². The number of aromatic amines is 1. The minimum absolute atomic E-state index is 0.489. The monoisotopic (exact) mass is 250 g/mol. The van der Waals surface area contributed by atoms with E-state index in [9.17, 15) is 4.79 Å². The molecule has 0 spiro atoms. The molecule has 0 unspecified atom stereocenters. The molecular formula is C10H7BrN2O. The number of nitrogens with zero attached hydrogens (tertiary/aromatic N) is 1. The first-order valence-electron chi connectivity index (χ1n) is 4.06. The maximum atomic E-state index is 10.4. The smallest absolute Gasteiger partial charge is 0.167 e. The summed E-state index contributed by atoms with van der Waals surface area (Å²) in [5.41, 5.74) is 2.25. The van der Waals surface area contributed by atoms with Crippen molar-refractivity contribution in [3.05, 3.63) is 40.5 Å². The summed E-state index contributed by atoms with van der Waals surface area (Å²) in [6.07, 6.45) is 0.745. The molecule has 2 aromatic rings. The molecular weight excluding hydrogens is 244 g/mol. The van der Waals surface area contributed by atoms with Gasteiger partial charge in [-0.25, -0.2) is 0 Å². The van der Waals surface area contributed by atoms with Gasteiger partial charge >= 0.3 is 0 Å². The topological polar surface area (TPSA) is 45.8 Å². The van der Waals surface area contributed by atoms with Crippen LogP contribution in [0.2, 0.25) is 0 Å². The van der Waals surface area contributed by atoms with Crippen LogP contribution in [0.5, 0.6) is 0 Å². The molecule has 4 heteroatoms. The van der Waals surface area contributed by atoms with Gasteiger partial charge in [-0.3, -0.25) is 9.89 Å². The van der Waals surface area contributed by atoms with E-state index in [2.05, 4.69) is 26.1 Å². The number of halogens is 1. The summed E-state index contributed by atoms with van der Waals surface area (Å²) in [5, 5.41) is 6.65. The van der Waals surface area contributed by atoms with Crippen LogP contribution in [-0.2, 0) is 0 Å². The van der Waals surface area contributed by atoms with E-state index in [0.717, 1.165) is 22.0 Å². The first-order chi connectivity index (χ1) is 6.79. The third-order valence-corrected chi connectivity index (χ3v) is 2.39. The molecule has 1 aromatic carbocycles. The largest absolute Gasteiger partial charge is 0.296 e. The van der Waals surface area contributed by atoms with Gasteiger partial charge in [-0.1, -0.05) is 28.1 Å². The van der Waals surface area contributed by atoms with Gasteiger partial charge in [0.25, 0.3) is 0 Å². The van der Waals surface area contributed by atoms with Gasteiger partial charge in [0.2, 0.25) is 0 Å². The SMILES string of the molecule is O=Cc1cc(-c2ccc(Br)cc2)n[nH]1. The molecule has 0 aliphatic carbocycles. The Balaban J connectivity index is 2.39. The Morgan fingerprint density at radius 1 is 1.29 bits per heavy atom. The summed E-state index contributed by atoms with van der Waals surface area (Å²) in [5.74, 6) is 0. The molecule has 14 heavy (non-hydrogen) atoms. The van der Waals surface area contributed by atoms with Gasteiger partial charge in [-0.05, 0) is 18.2 Å². The lowest BCUT2D eigenvalue weighted by molar-refractivity contribution is 0.111. The van der Waals surface area contributed by atoms with Crippen molar-refractivity contribution in [2.45, 2.75) is 0 Å². The highest BCUT2D eigenvalue weighted by atomic mass is 79.9. The number of carbonyl (C=O) groups is 1. The van der Waals surface area contributed by atoms with E-state index >= 15 is 0 Å². The first kappa shape index (κ1) is 9.15. The number of rotatable bonds is 2. The summed E-state index contributed by atoms with van der Waals surface area (Å²) >= 11 is 3.35. The van der Waals surface area contributed by atoms with Crippen LogP contribution >= 0.6 is 15.9 Å². The molecule has 0 fully saturated rings. The van der Waals surface area contributed by atoms with E-state index in [1.807, 2.05) is 24.3 Å². The number of hydrogen-bond acceptors (Lipinski definition) is 2. The fourth-order valence-electron chi connectivity index (χ4n) is 1.17. The molecule has 3 nitrogen and oxygen atoms in total. The van der Waals surface area contributed by atoms with E-state index in [1.54, 1.807) is 6.07 Å². The maximum absolute atomic E-state index is 10.4. The lowest BCUT2D eigenvalue weighted by Crippen LogP contribution is -1.76. The third-order valence-electron chi connectivity index (χ3n) is 1.86. The Morgan fingerprint density at radius 3 is 2.57 bits per heavy atom. The Morgan fingerprint density at radius 2 is 2.00 bits per heavy atom. The lowest BCUT2D eigenvalue weighted by Gasteiger charge is -1.94.